The maximum absolute atomic E-state index is 4.62. The van der Waals surface area contributed by atoms with Gasteiger partial charge in [0.15, 0.2) is 11.8 Å². The third-order valence-electron chi connectivity index (χ3n) is 3.70. The van der Waals surface area contributed by atoms with E-state index in [1.807, 2.05) is 59.4 Å². The predicted molar refractivity (Wildman–Crippen MR) is 114 cm³/mol. The molecule has 1 aromatic carbocycles. The van der Waals surface area contributed by atoms with E-state index >= 15 is 0 Å². The van der Waals surface area contributed by atoms with E-state index in [1.54, 1.807) is 6.33 Å². The first-order chi connectivity index (χ1) is 12.4. The molecule has 7 nitrogen and oxygen atoms in total. The summed E-state index contributed by atoms with van der Waals surface area (Å²) < 4.78 is 4.08. The molecule has 0 radical (unpaired) electrons. The Kier molecular flexibility index (Phi) is 8.13. The molecular weight excluding hydrogens is 441 g/mol. The van der Waals surface area contributed by atoms with Crippen LogP contribution in [-0.4, -0.2) is 38.4 Å². The fourth-order valence-corrected chi connectivity index (χ4v) is 2.49. The van der Waals surface area contributed by atoms with E-state index in [-0.39, 0.29) is 24.0 Å². The largest absolute Gasteiger partial charge is 0.357 e. The van der Waals surface area contributed by atoms with Crippen molar-refractivity contribution in [2.75, 3.05) is 13.1 Å². The zero-order valence-corrected chi connectivity index (χ0v) is 17.1. The molecule has 0 aliphatic rings. The van der Waals surface area contributed by atoms with Crippen molar-refractivity contribution in [2.24, 2.45) is 4.99 Å². The van der Waals surface area contributed by atoms with Crippen LogP contribution in [0.3, 0.4) is 0 Å². The molecule has 26 heavy (non-hydrogen) atoms. The van der Waals surface area contributed by atoms with Gasteiger partial charge >= 0.3 is 0 Å². The number of halogens is 1. The molecule has 8 heteroatoms. The second-order valence-electron chi connectivity index (χ2n) is 5.50. The summed E-state index contributed by atoms with van der Waals surface area (Å²) in [7, 11) is 0. The minimum absolute atomic E-state index is 0. The molecule has 3 rings (SSSR count). The maximum atomic E-state index is 4.62. The van der Waals surface area contributed by atoms with Gasteiger partial charge in [-0.15, -0.1) is 34.2 Å². The van der Waals surface area contributed by atoms with Gasteiger partial charge < -0.3 is 15.2 Å². The molecule has 0 saturated carbocycles. The van der Waals surface area contributed by atoms with Crippen molar-refractivity contribution in [3.05, 3.63) is 67.0 Å². The number of aromatic nitrogens is 4. The summed E-state index contributed by atoms with van der Waals surface area (Å²) in [6.07, 6.45) is 5.81. The molecule has 0 fully saturated rings. The number of nitrogens with one attached hydrogen (secondary N) is 2. The van der Waals surface area contributed by atoms with Gasteiger partial charge in [-0.05, 0) is 31.2 Å². The molecule has 3 aromatic rings. The highest BCUT2D eigenvalue weighted by Gasteiger charge is 2.06. The Labute approximate surface area is 170 Å². The first-order valence-electron chi connectivity index (χ1n) is 8.44. The quantitative estimate of drug-likeness (QED) is 0.320. The van der Waals surface area contributed by atoms with Gasteiger partial charge in [-0.3, -0.25) is 4.57 Å². The number of para-hydroxylation sites is 1. The molecule has 0 unspecified atom stereocenters. The summed E-state index contributed by atoms with van der Waals surface area (Å²) in [5.74, 6) is 1.58. The molecule has 0 aliphatic heterocycles. The highest BCUT2D eigenvalue weighted by atomic mass is 127. The SMILES string of the molecule is CCNC(=NCc1nncn1-c1ccccc1)NCCn1cccc1.I. The van der Waals surface area contributed by atoms with E-state index in [9.17, 15) is 0 Å². The Hall–Kier alpha value is -2.36. The second kappa shape index (κ2) is 10.6. The van der Waals surface area contributed by atoms with E-state index in [0.717, 1.165) is 37.1 Å². The van der Waals surface area contributed by atoms with Crippen LogP contribution in [0.25, 0.3) is 5.69 Å². The van der Waals surface area contributed by atoms with Crippen molar-refractivity contribution in [2.45, 2.75) is 20.0 Å². The third-order valence-corrected chi connectivity index (χ3v) is 3.70. The van der Waals surface area contributed by atoms with Crippen LogP contribution in [0, 0.1) is 0 Å². The minimum Gasteiger partial charge on any atom is -0.357 e. The van der Waals surface area contributed by atoms with Crippen LogP contribution in [0.1, 0.15) is 12.7 Å². The van der Waals surface area contributed by atoms with Gasteiger partial charge in [0.25, 0.3) is 0 Å². The van der Waals surface area contributed by atoms with Gasteiger partial charge in [0.05, 0.1) is 0 Å². The lowest BCUT2D eigenvalue weighted by Gasteiger charge is -2.12. The van der Waals surface area contributed by atoms with Crippen molar-refractivity contribution in [3.8, 4) is 5.69 Å². The van der Waals surface area contributed by atoms with Crippen LogP contribution >= 0.6 is 24.0 Å². The van der Waals surface area contributed by atoms with E-state index in [4.69, 9.17) is 0 Å². The standard InChI is InChI=1S/C18H23N7.HI/c1-2-19-18(20-10-13-24-11-6-7-12-24)21-14-17-23-22-15-25(17)16-8-4-3-5-9-16;/h3-9,11-12,15H,2,10,13-14H2,1H3,(H2,19,20,21);1H. The fourth-order valence-electron chi connectivity index (χ4n) is 2.49. The van der Waals surface area contributed by atoms with Gasteiger partial charge in [-0.1, -0.05) is 18.2 Å². The van der Waals surface area contributed by atoms with Crippen LogP contribution in [0.15, 0.2) is 66.2 Å². The maximum Gasteiger partial charge on any atom is 0.191 e. The molecule has 2 heterocycles. The Balaban J connectivity index is 0.00000243. The molecule has 0 bridgehead atoms. The lowest BCUT2D eigenvalue weighted by atomic mass is 10.3. The summed E-state index contributed by atoms with van der Waals surface area (Å²) in [6.45, 7) is 4.99. The lowest BCUT2D eigenvalue weighted by Crippen LogP contribution is -2.38. The normalized spacial score (nSPS) is 11.0. The van der Waals surface area contributed by atoms with E-state index in [1.165, 1.54) is 0 Å². The number of rotatable bonds is 7. The van der Waals surface area contributed by atoms with Gasteiger partial charge in [0, 0.05) is 37.7 Å². The predicted octanol–water partition coefficient (Wildman–Crippen LogP) is 2.44. The van der Waals surface area contributed by atoms with Gasteiger partial charge in [-0.2, -0.15) is 0 Å². The highest BCUT2D eigenvalue weighted by molar-refractivity contribution is 14.0. The Morgan fingerprint density at radius 2 is 1.85 bits per heavy atom. The van der Waals surface area contributed by atoms with E-state index in [0.29, 0.717) is 6.54 Å². The Bertz CT molecular complexity index is 781. The first-order valence-corrected chi connectivity index (χ1v) is 8.44. The van der Waals surface area contributed by atoms with E-state index < -0.39 is 0 Å². The average molecular weight is 465 g/mol. The number of guanidine groups is 1. The molecule has 0 amide bonds. The topological polar surface area (TPSA) is 72.1 Å². The van der Waals surface area contributed by atoms with Gasteiger partial charge in [0.1, 0.15) is 12.9 Å². The summed E-state index contributed by atoms with van der Waals surface area (Å²) >= 11 is 0. The van der Waals surface area contributed by atoms with Gasteiger partial charge in [0.2, 0.25) is 0 Å². The number of nitrogens with zero attached hydrogens (tertiary/aromatic N) is 5. The molecule has 0 atom stereocenters. The molecule has 2 aromatic heterocycles. The number of benzene rings is 1. The summed E-state index contributed by atoms with van der Waals surface area (Å²) in [6, 6.07) is 14.1. The molecule has 2 N–H and O–H groups in total. The van der Waals surface area contributed by atoms with Crippen LogP contribution in [0.2, 0.25) is 0 Å². The van der Waals surface area contributed by atoms with Gasteiger partial charge in [-0.25, -0.2) is 4.99 Å². The van der Waals surface area contributed by atoms with Crippen molar-refractivity contribution < 1.29 is 0 Å². The minimum atomic E-state index is 0. The zero-order chi connectivity index (χ0) is 17.3. The number of hydrogen-bond acceptors (Lipinski definition) is 3. The summed E-state index contributed by atoms with van der Waals surface area (Å²) in [4.78, 5) is 4.62. The molecular formula is C18H24IN7. The van der Waals surface area contributed by atoms with Crippen LogP contribution in [0.5, 0.6) is 0 Å². The fraction of sp³-hybridized carbons (Fsp3) is 0.278. The zero-order valence-electron chi connectivity index (χ0n) is 14.7. The van der Waals surface area contributed by atoms with Crippen LogP contribution < -0.4 is 10.6 Å². The number of hydrogen-bond donors (Lipinski definition) is 2. The smallest absolute Gasteiger partial charge is 0.191 e. The van der Waals surface area contributed by atoms with Crippen molar-refractivity contribution in [3.63, 3.8) is 0 Å². The van der Waals surface area contributed by atoms with Crippen molar-refractivity contribution in [1.82, 2.24) is 30.0 Å². The monoisotopic (exact) mass is 465 g/mol. The molecule has 0 aliphatic carbocycles. The van der Waals surface area contributed by atoms with Crippen LogP contribution in [-0.2, 0) is 13.1 Å². The third kappa shape index (κ3) is 5.58. The summed E-state index contributed by atoms with van der Waals surface area (Å²) in [5, 5.41) is 14.8. The highest BCUT2D eigenvalue weighted by Crippen LogP contribution is 2.09. The lowest BCUT2D eigenvalue weighted by molar-refractivity contribution is 0.664. The average Bonchev–Trinajstić information content (AvgIpc) is 3.32. The van der Waals surface area contributed by atoms with Crippen molar-refractivity contribution in [1.29, 1.82) is 0 Å². The summed E-state index contributed by atoms with van der Waals surface area (Å²) in [5.41, 5.74) is 1.03. The second-order valence-corrected chi connectivity index (χ2v) is 5.50. The molecule has 0 spiro atoms. The molecule has 0 saturated heterocycles. The first kappa shape index (κ1) is 20.0. The van der Waals surface area contributed by atoms with Crippen LogP contribution in [0.4, 0.5) is 0 Å². The van der Waals surface area contributed by atoms with E-state index in [2.05, 4.69) is 37.3 Å². The Morgan fingerprint density at radius 3 is 2.58 bits per heavy atom. The van der Waals surface area contributed by atoms with Crippen molar-refractivity contribution >= 4 is 29.9 Å². The number of aliphatic imine (C=N–C) groups is 1. The Morgan fingerprint density at radius 1 is 1.08 bits per heavy atom. The molecule has 138 valence electrons.